The largest absolute Gasteiger partial charge is 0.393 e. The van der Waals surface area contributed by atoms with E-state index in [2.05, 4.69) is 48.5 Å². The Labute approximate surface area is 206 Å². The molecule has 4 heteroatoms. The first-order valence-corrected chi connectivity index (χ1v) is 14.5. The molecule has 2 aliphatic heterocycles. The summed E-state index contributed by atoms with van der Waals surface area (Å²) in [6.45, 7) is 17.2. The van der Waals surface area contributed by atoms with Crippen molar-refractivity contribution in [3.05, 3.63) is 0 Å². The lowest BCUT2D eigenvalue weighted by molar-refractivity contribution is -0.297. The van der Waals surface area contributed by atoms with Crippen molar-refractivity contribution in [1.29, 1.82) is 0 Å². The Bertz CT molecular complexity index is 931. The summed E-state index contributed by atoms with van der Waals surface area (Å²) in [7, 11) is 0. The molecule has 7 rings (SSSR count). The molecule has 2 N–H and O–H groups in total. The molecule has 7 aliphatic rings. The second-order valence-electron chi connectivity index (χ2n) is 15.6. The van der Waals surface area contributed by atoms with Crippen LogP contribution in [0.3, 0.4) is 0 Å². The second-order valence-corrected chi connectivity index (χ2v) is 15.6. The van der Waals surface area contributed by atoms with Gasteiger partial charge in [0.25, 0.3) is 0 Å². The van der Waals surface area contributed by atoms with Gasteiger partial charge in [0.2, 0.25) is 0 Å². The third-order valence-electron chi connectivity index (χ3n) is 14.5. The molecule has 0 aromatic heterocycles. The molecule has 2 bridgehead atoms. The third kappa shape index (κ3) is 2.04. The van der Waals surface area contributed by atoms with Crippen LogP contribution in [0.25, 0.3) is 0 Å². The van der Waals surface area contributed by atoms with E-state index in [0.717, 1.165) is 12.8 Å². The minimum atomic E-state index is -0.835. The van der Waals surface area contributed by atoms with Crippen molar-refractivity contribution in [2.45, 2.75) is 123 Å². The van der Waals surface area contributed by atoms with E-state index in [1.165, 1.54) is 38.5 Å². The van der Waals surface area contributed by atoms with Crippen LogP contribution in [-0.4, -0.2) is 40.4 Å². The minimum Gasteiger partial charge on any atom is -0.393 e. The van der Waals surface area contributed by atoms with E-state index in [9.17, 15) is 10.2 Å². The van der Waals surface area contributed by atoms with Gasteiger partial charge < -0.3 is 19.7 Å². The van der Waals surface area contributed by atoms with Crippen molar-refractivity contribution in [2.75, 3.05) is 6.61 Å². The number of hydrogen-bond acceptors (Lipinski definition) is 4. The van der Waals surface area contributed by atoms with Crippen molar-refractivity contribution in [3.63, 3.8) is 0 Å². The molecule has 0 aromatic carbocycles. The van der Waals surface area contributed by atoms with Crippen molar-refractivity contribution in [2.24, 2.45) is 56.7 Å². The monoisotopic (exact) mass is 472 g/mol. The normalized spacial score (nSPS) is 65.1. The molecule has 34 heavy (non-hydrogen) atoms. The fourth-order valence-electron chi connectivity index (χ4n) is 12.7. The first-order valence-electron chi connectivity index (χ1n) is 14.5. The summed E-state index contributed by atoms with van der Waals surface area (Å²) >= 11 is 0. The van der Waals surface area contributed by atoms with Crippen molar-refractivity contribution in [1.82, 2.24) is 0 Å². The summed E-state index contributed by atoms with van der Waals surface area (Å²) in [6.07, 6.45) is 8.57. The van der Waals surface area contributed by atoms with Crippen LogP contribution in [-0.2, 0) is 9.47 Å². The zero-order valence-electron chi connectivity index (χ0n) is 22.6. The lowest BCUT2D eigenvalue weighted by Crippen LogP contribution is -2.60. The maximum Gasteiger partial charge on any atom is 0.199 e. The Kier molecular flexibility index (Phi) is 4.13. The van der Waals surface area contributed by atoms with Gasteiger partial charge in [-0.15, -0.1) is 0 Å². The molecule has 192 valence electrons. The molecule has 5 aliphatic carbocycles. The molecule has 2 saturated heterocycles. The van der Waals surface area contributed by atoms with Crippen LogP contribution >= 0.6 is 0 Å². The van der Waals surface area contributed by atoms with Crippen LogP contribution in [0.5, 0.6) is 0 Å². The molecule has 12 atom stereocenters. The van der Waals surface area contributed by atoms with Gasteiger partial charge in [-0.05, 0) is 96.7 Å². The maximum absolute atomic E-state index is 12.5. The standard InChI is InChI=1S/C30H48O4/c1-17(2)29-14-18(3)22-25(6)12-13-28-15-27(28)11-10-21(31)24(4,5)19(27)8-9-20(28)26(25,7)23(32)30(22,34-29)33-16-29/h17-23,31-32H,8-16H2,1-7H3/t18-,19?,20?,21?,22?,23?,25?,26?,27?,28?,29?,30+/m0/s1. The lowest BCUT2D eigenvalue weighted by Gasteiger charge is -2.63. The van der Waals surface area contributed by atoms with E-state index in [-0.39, 0.29) is 33.9 Å². The van der Waals surface area contributed by atoms with Crippen LogP contribution < -0.4 is 0 Å². The molecule has 0 radical (unpaired) electrons. The predicted octanol–water partition coefficient (Wildman–Crippen LogP) is 5.54. The van der Waals surface area contributed by atoms with Crippen LogP contribution in [0.4, 0.5) is 0 Å². The van der Waals surface area contributed by atoms with Gasteiger partial charge in [0, 0.05) is 11.3 Å². The molecular weight excluding hydrogens is 424 g/mol. The van der Waals surface area contributed by atoms with Gasteiger partial charge in [0.05, 0.1) is 18.3 Å². The number of aliphatic hydroxyl groups excluding tert-OH is 2. The zero-order valence-corrected chi connectivity index (χ0v) is 22.6. The topological polar surface area (TPSA) is 58.9 Å². The van der Waals surface area contributed by atoms with E-state index in [1.54, 1.807) is 0 Å². The molecule has 0 amide bonds. The van der Waals surface area contributed by atoms with E-state index in [1.807, 2.05) is 0 Å². The van der Waals surface area contributed by atoms with Gasteiger partial charge in [0.15, 0.2) is 5.79 Å². The summed E-state index contributed by atoms with van der Waals surface area (Å²) in [5.41, 5.74) is 0.281. The lowest BCUT2D eigenvalue weighted by atomic mass is 9.41. The number of rotatable bonds is 1. The Morgan fingerprint density at radius 3 is 2.26 bits per heavy atom. The van der Waals surface area contributed by atoms with E-state index < -0.39 is 11.9 Å². The highest BCUT2D eigenvalue weighted by Gasteiger charge is 2.88. The maximum atomic E-state index is 12.5. The van der Waals surface area contributed by atoms with Gasteiger partial charge in [-0.2, -0.15) is 0 Å². The first-order chi connectivity index (χ1) is 15.8. The summed E-state index contributed by atoms with van der Waals surface area (Å²) in [5, 5.41) is 23.4. The summed E-state index contributed by atoms with van der Waals surface area (Å²) in [6, 6.07) is 0. The third-order valence-corrected chi connectivity index (χ3v) is 14.5. The van der Waals surface area contributed by atoms with Gasteiger partial charge in [-0.1, -0.05) is 48.5 Å². The molecular formula is C30H48O4. The summed E-state index contributed by atoms with van der Waals surface area (Å²) in [4.78, 5) is 0. The summed E-state index contributed by atoms with van der Waals surface area (Å²) < 4.78 is 13.8. The zero-order chi connectivity index (χ0) is 24.3. The number of fused-ring (bicyclic) bond motifs is 4. The van der Waals surface area contributed by atoms with Crippen LogP contribution in [0, 0.1) is 56.7 Å². The van der Waals surface area contributed by atoms with Gasteiger partial charge >= 0.3 is 0 Å². The average Bonchev–Trinajstić information content (AvgIpc) is 3.29. The SMILES string of the molecule is CC(C)C12CO[C@@]3(O1)C([C@@H](C)C2)C1(C)CCC24CC25CCC(O)C(C)(C)C5CCC4C1(C)C3O. The Balaban J connectivity index is 1.33. The van der Waals surface area contributed by atoms with Crippen molar-refractivity contribution >= 4 is 0 Å². The van der Waals surface area contributed by atoms with Crippen LogP contribution in [0.2, 0.25) is 0 Å². The van der Waals surface area contributed by atoms with Gasteiger partial charge in [-0.3, -0.25) is 0 Å². The van der Waals surface area contributed by atoms with Gasteiger partial charge in [0.1, 0.15) is 6.10 Å². The highest BCUT2D eigenvalue weighted by Crippen LogP contribution is 2.90. The van der Waals surface area contributed by atoms with Crippen LogP contribution in [0.15, 0.2) is 0 Å². The molecule has 5 saturated carbocycles. The molecule has 4 nitrogen and oxygen atoms in total. The van der Waals surface area contributed by atoms with Gasteiger partial charge in [-0.25, -0.2) is 0 Å². The smallest absolute Gasteiger partial charge is 0.199 e. The second kappa shape index (κ2) is 6.11. The number of aliphatic hydroxyl groups is 2. The highest BCUT2D eigenvalue weighted by molar-refractivity contribution is 5.34. The van der Waals surface area contributed by atoms with E-state index in [4.69, 9.17) is 9.47 Å². The first kappa shape index (κ1) is 23.0. The van der Waals surface area contributed by atoms with E-state index >= 15 is 0 Å². The molecule has 10 unspecified atom stereocenters. The number of ether oxygens (including phenoxy) is 2. The molecule has 0 aromatic rings. The van der Waals surface area contributed by atoms with E-state index in [0.29, 0.717) is 41.1 Å². The fraction of sp³-hybridized carbons (Fsp3) is 1.00. The highest BCUT2D eigenvalue weighted by atomic mass is 16.8. The minimum absolute atomic E-state index is 0.00159. The number of hydrogen-bond donors (Lipinski definition) is 2. The van der Waals surface area contributed by atoms with Crippen molar-refractivity contribution < 1.29 is 19.7 Å². The predicted molar refractivity (Wildman–Crippen MR) is 131 cm³/mol. The molecule has 7 fully saturated rings. The quantitative estimate of drug-likeness (QED) is 0.526. The Morgan fingerprint density at radius 1 is 0.882 bits per heavy atom. The molecule has 3 spiro atoms. The van der Waals surface area contributed by atoms with Crippen LogP contribution in [0.1, 0.15) is 99.8 Å². The Hall–Kier alpha value is -0.160. The molecule has 2 heterocycles. The Morgan fingerprint density at radius 2 is 1.56 bits per heavy atom. The summed E-state index contributed by atoms with van der Waals surface area (Å²) in [5.74, 6) is 1.42. The fourth-order valence-corrected chi connectivity index (χ4v) is 12.7. The average molecular weight is 473 g/mol. The van der Waals surface area contributed by atoms with Crippen molar-refractivity contribution in [3.8, 4) is 0 Å².